The Morgan fingerprint density at radius 2 is 2.25 bits per heavy atom. The molecule has 0 spiro atoms. The van der Waals surface area contributed by atoms with Crippen LogP contribution in [0.15, 0.2) is 24.4 Å². The predicted molar refractivity (Wildman–Crippen MR) is 102 cm³/mol. The Hall–Kier alpha value is -2.95. The highest BCUT2D eigenvalue weighted by Crippen LogP contribution is 2.36. The van der Waals surface area contributed by atoms with Crippen molar-refractivity contribution in [2.45, 2.75) is 19.0 Å². The number of aromatic nitrogens is 2. The van der Waals surface area contributed by atoms with E-state index in [1.165, 1.54) is 0 Å². The number of anilines is 2. The average Bonchev–Trinajstić information content (AvgIpc) is 3.19. The van der Waals surface area contributed by atoms with Crippen LogP contribution in [-0.4, -0.2) is 52.9 Å². The molecule has 0 aliphatic carbocycles. The van der Waals surface area contributed by atoms with Crippen LogP contribution in [0.5, 0.6) is 5.75 Å². The summed E-state index contributed by atoms with van der Waals surface area (Å²) in [4.78, 5) is 17.6. The molecule has 1 aromatic heterocycles. The number of nitrogens with two attached hydrogens (primary N) is 1. The number of hydrogen-bond acceptors (Lipinski definition) is 6. The van der Waals surface area contributed by atoms with E-state index in [0.29, 0.717) is 41.8 Å². The lowest BCUT2D eigenvalue weighted by Gasteiger charge is -2.17. The predicted octanol–water partition coefficient (Wildman–Crippen LogP) is 2.23. The maximum atomic E-state index is 13.3. The number of ether oxygens (including phenoxy) is 2. The minimum absolute atomic E-state index is 0.131. The van der Waals surface area contributed by atoms with E-state index >= 15 is 0 Å². The molecule has 0 bridgehead atoms. The molecule has 1 atom stereocenters. The van der Waals surface area contributed by atoms with Gasteiger partial charge in [-0.2, -0.15) is 0 Å². The number of nitrogens with one attached hydrogen (secondary N) is 1. The van der Waals surface area contributed by atoms with Crippen molar-refractivity contribution in [3.63, 3.8) is 0 Å². The summed E-state index contributed by atoms with van der Waals surface area (Å²) in [6.07, 6.45) is -1.99. The van der Waals surface area contributed by atoms with Crippen LogP contribution in [-0.2, 0) is 11.3 Å². The lowest BCUT2D eigenvalue weighted by Crippen LogP contribution is -2.38. The number of cyclic esters (lactones) is 1. The lowest BCUT2D eigenvalue weighted by molar-refractivity contribution is 0.104. The van der Waals surface area contributed by atoms with E-state index in [1.54, 1.807) is 22.9 Å². The Balaban J connectivity index is 1.68. The van der Waals surface area contributed by atoms with Gasteiger partial charge in [0.1, 0.15) is 30.8 Å². The number of hydrogen-bond donors (Lipinski definition) is 2. The standard InChI is InChI=1S/C17H17F2N5O3S/c18-15(19)11-8-27-17(25)24(11)14-7-23-3-4-26-12-5-9(21-6-13(20)28)1-2-10(12)16(23)22-14/h1-2,5,7,11,15,21H,3-4,6,8H2,(H2,20,28). The second-order valence-corrected chi connectivity index (χ2v) is 6.87. The number of alkyl halides is 2. The third-order valence-electron chi connectivity index (χ3n) is 4.49. The number of imidazole rings is 1. The van der Waals surface area contributed by atoms with Crippen molar-refractivity contribution >= 4 is 34.8 Å². The molecule has 1 fully saturated rings. The fraction of sp³-hybridized carbons (Fsp3) is 0.353. The van der Waals surface area contributed by atoms with Gasteiger partial charge in [-0.1, -0.05) is 12.2 Å². The normalized spacial score (nSPS) is 18.2. The van der Waals surface area contributed by atoms with Crippen molar-refractivity contribution in [1.82, 2.24) is 9.55 Å². The zero-order chi connectivity index (χ0) is 19.8. The van der Waals surface area contributed by atoms with Crippen LogP contribution in [0.4, 0.5) is 25.1 Å². The number of thiocarbonyl (C=S) groups is 1. The number of fused-ring (bicyclic) bond motifs is 3. The van der Waals surface area contributed by atoms with E-state index in [-0.39, 0.29) is 12.4 Å². The topological polar surface area (TPSA) is 94.6 Å². The van der Waals surface area contributed by atoms with Gasteiger partial charge < -0.3 is 25.1 Å². The lowest BCUT2D eigenvalue weighted by atomic mass is 10.1. The number of rotatable bonds is 5. The molecule has 3 heterocycles. The van der Waals surface area contributed by atoms with E-state index in [4.69, 9.17) is 27.4 Å². The number of nitrogens with zero attached hydrogens (tertiary/aromatic N) is 3. The monoisotopic (exact) mass is 409 g/mol. The molecule has 0 saturated carbocycles. The average molecular weight is 409 g/mol. The zero-order valence-electron chi connectivity index (χ0n) is 14.6. The molecule has 2 aliphatic heterocycles. The second-order valence-electron chi connectivity index (χ2n) is 6.34. The highest BCUT2D eigenvalue weighted by atomic mass is 32.1. The SMILES string of the molecule is NC(=S)CNc1ccc2c(c1)OCCn1cc(N3C(=O)OCC3C(F)F)nc1-2. The first-order valence-corrected chi connectivity index (χ1v) is 8.95. The Morgan fingerprint density at radius 3 is 3.00 bits per heavy atom. The van der Waals surface area contributed by atoms with Gasteiger partial charge in [0.2, 0.25) is 0 Å². The van der Waals surface area contributed by atoms with E-state index in [0.717, 1.165) is 10.6 Å². The molecule has 1 amide bonds. The van der Waals surface area contributed by atoms with E-state index in [2.05, 4.69) is 10.3 Å². The molecule has 8 nitrogen and oxygen atoms in total. The minimum atomic E-state index is -2.73. The van der Waals surface area contributed by atoms with Gasteiger partial charge in [-0.25, -0.2) is 23.5 Å². The molecule has 4 rings (SSSR count). The van der Waals surface area contributed by atoms with Crippen molar-refractivity contribution in [2.75, 3.05) is 30.0 Å². The highest BCUT2D eigenvalue weighted by molar-refractivity contribution is 7.80. The summed E-state index contributed by atoms with van der Waals surface area (Å²) in [6.45, 7) is 0.793. The Bertz CT molecular complexity index is 936. The molecule has 1 unspecified atom stereocenters. The first kappa shape index (κ1) is 18.4. The first-order chi connectivity index (χ1) is 13.4. The van der Waals surface area contributed by atoms with Crippen LogP contribution >= 0.6 is 12.2 Å². The summed E-state index contributed by atoms with van der Waals surface area (Å²) in [6, 6.07) is 4.06. The maximum absolute atomic E-state index is 13.3. The molecule has 3 N–H and O–H groups in total. The van der Waals surface area contributed by atoms with Crippen molar-refractivity contribution in [2.24, 2.45) is 5.73 Å². The van der Waals surface area contributed by atoms with E-state index in [1.807, 2.05) is 6.07 Å². The van der Waals surface area contributed by atoms with Crippen molar-refractivity contribution in [3.05, 3.63) is 24.4 Å². The van der Waals surface area contributed by atoms with Crippen LogP contribution in [0.2, 0.25) is 0 Å². The molecule has 2 aromatic rings. The third kappa shape index (κ3) is 3.33. The summed E-state index contributed by atoms with van der Waals surface area (Å²) in [5.41, 5.74) is 6.96. The molecule has 1 saturated heterocycles. The molecule has 2 aliphatic rings. The van der Waals surface area contributed by atoms with Gasteiger partial charge >= 0.3 is 6.09 Å². The van der Waals surface area contributed by atoms with Gasteiger partial charge in [0.15, 0.2) is 5.82 Å². The maximum Gasteiger partial charge on any atom is 0.416 e. The van der Waals surface area contributed by atoms with Gasteiger partial charge in [-0.05, 0) is 12.1 Å². The zero-order valence-corrected chi connectivity index (χ0v) is 15.4. The minimum Gasteiger partial charge on any atom is -0.491 e. The van der Waals surface area contributed by atoms with Crippen LogP contribution in [0.1, 0.15) is 0 Å². The van der Waals surface area contributed by atoms with Crippen LogP contribution in [0.25, 0.3) is 11.4 Å². The molecule has 11 heteroatoms. The Labute approximate surface area is 164 Å². The summed E-state index contributed by atoms with van der Waals surface area (Å²) in [5, 5.41) is 3.09. The largest absolute Gasteiger partial charge is 0.491 e. The first-order valence-electron chi connectivity index (χ1n) is 8.55. The summed E-state index contributed by atoms with van der Waals surface area (Å²) in [7, 11) is 0. The van der Waals surface area contributed by atoms with Crippen molar-refractivity contribution in [1.29, 1.82) is 0 Å². The number of amides is 1. The van der Waals surface area contributed by atoms with Crippen molar-refractivity contribution in [3.8, 4) is 17.1 Å². The molecule has 148 valence electrons. The Morgan fingerprint density at radius 1 is 1.43 bits per heavy atom. The molecule has 0 radical (unpaired) electrons. The fourth-order valence-corrected chi connectivity index (χ4v) is 3.24. The molecule has 28 heavy (non-hydrogen) atoms. The number of carbonyl (C=O) groups excluding carboxylic acids is 1. The summed E-state index contributed by atoms with van der Waals surface area (Å²) >= 11 is 4.86. The van der Waals surface area contributed by atoms with Gasteiger partial charge in [0, 0.05) is 18.0 Å². The van der Waals surface area contributed by atoms with Crippen LogP contribution < -0.4 is 20.7 Å². The van der Waals surface area contributed by atoms with E-state index < -0.39 is 18.6 Å². The number of benzene rings is 1. The number of carbonyl (C=O) groups is 1. The molecular weight excluding hydrogens is 392 g/mol. The quantitative estimate of drug-likeness (QED) is 0.732. The van der Waals surface area contributed by atoms with Gasteiger partial charge in [-0.15, -0.1) is 0 Å². The second kappa shape index (κ2) is 7.23. The smallest absolute Gasteiger partial charge is 0.416 e. The number of halogens is 2. The molecule has 1 aromatic carbocycles. The van der Waals surface area contributed by atoms with E-state index in [9.17, 15) is 13.6 Å². The van der Waals surface area contributed by atoms with Crippen molar-refractivity contribution < 1.29 is 23.0 Å². The summed E-state index contributed by atoms with van der Waals surface area (Å²) < 4.78 is 38.9. The fourth-order valence-electron chi connectivity index (χ4n) is 3.17. The Kier molecular flexibility index (Phi) is 4.75. The summed E-state index contributed by atoms with van der Waals surface area (Å²) in [5.74, 6) is 1.24. The van der Waals surface area contributed by atoms with Crippen LogP contribution in [0.3, 0.4) is 0 Å². The van der Waals surface area contributed by atoms with Gasteiger partial charge in [0.05, 0.1) is 23.6 Å². The van der Waals surface area contributed by atoms with Gasteiger partial charge in [-0.3, -0.25) is 0 Å². The molecular formula is C17H17F2N5O3S. The third-order valence-corrected chi connectivity index (χ3v) is 4.63. The van der Waals surface area contributed by atoms with Gasteiger partial charge in [0.25, 0.3) is 6.43 Å². The van der Waals surface area contributed by atoms with Crippen LogP contribution in [0, 0.1) is 0 Å². The highest BCUT2D eigenvalue weighted by Gasteiger charge is 2.42.